The molecular formula is C34H33F3N6O3. The minimum Gasteiger partial charge on any atom is -0.508 e. The van der Waals surface area contributed by atoms with Crippen LogP contribution in [0.25, 0.3) is 32.9 Å². The summed E-state index contributed by atoms with van der Waals surface area (Å²) in [5.74, 6) is 1.72. The summed E-state index contributed by atoms with van der Waals surface area (Å²) in [4.78, 5) is 20.5. The summed E-state index contributed by atoms with van der Waals surface area (Å²) in [7, 11) is 1.86. The number of ether oxygens (including phenoxy) is 2. The number of pyridine rings is 1. The number of likely N-dealkylation sites (N-methyl/N-ethyl adjacent to an activating group) is 1. The number of anilines is 2. The second kappa shape index (κ2) is 10.9. The number of aromatic hydroxyl groups is 1. The number of terminal acetylenes is 1. The van der Waals surface area contributed by atoms with Gasteiger partial charge in [-0.3, -0.25) is 4.90 Å². The number of fused-ring (bicyclic) bond motifs is 4. The Kier molecular flexibility index (Phi) is 6.88. The number of phenols is 1. The molecular weight excluding hydrogens is 597 g/mol. The second-order valence-electron chi connectivity index (χ2n) is 12.8. The highest BCUT2D eigenvalue weighted by Gasteiger charge is 2.49. The number of halogens is 3. The third-order valence-electron chi connectivity index (χ3n) is 9.97. The predicted octanol–water partition coefficient (Wildman–Crippen LogP) is 4.81. The molecule has 0 spiro atoms. The lowest BCUT2D eigenvalue weighted by Crippen LogP contribution is -2.44. The van der Waals surface area contributed by atoms with Gasteiger partial charge in [-0.25, -0.2) is 18.2 Å². The first-order valence-electron chi connectivity index (χ1n) is 15.7. The van der Waals surface area contributed by atoms with Gasteiger partial charge in [-0.15, -0.1) is 6.42 Å². The van der Waals surface area contributed by atoms with Gasteiger partial charge in [0.25, 0.3) is 0 Å². The first-order valence-corrected chi connectivity index (χ1v) is 15.7. The number of benzene rings is 2. The monoisotopic (exact) mass is 630 g/mol. The quantitative estimate of drug-likeness (QED) is 0.320. The molecule has 2 aromatic heterocycles. The molecule has 4 aliphatic rings. The molecule has 8 rings (SSSR count). The zero-order valence-corrected chi connectivity index (χ0v) is 25.4. The zero-order valence-electron chi connectivity index (χ0n) is 25.4. The highest BCUT2D eigenvalue weighted by molar-refractivity contribution is 6.06. The largest absolute Gasteiger partial charge is 0.508 e. The lowest BCUT2D eigenvalue weighted by atomic mass is 9.95. The Morgan fingerprint density at radius 2 is 1.98 bits per heavy atom. The number of rotatable bonds is 4. The fourth-order valence-electron chi connectivity index (χ4n) is 7.91. The van der Waals surface area contributed by atoms with Crippen LogP contribution in [0.1, 0.15) is 31.2 Å². The SMILES string of the molecule is C#Cc1c(F)ccc2cc(O)cc(-c3nc4c5c(nc(OC[C@@]67CCCN6C[C@H](F)C7)nc5c3F)N3CCCOC[C@H]3CN4C)c12. The van der Waals surface area contributed by atoms with Crippen molar-refractivity contribution in [2.45, 2.75) is 43.4 Å². The van der Waals surface area contributed by atoms with E-state index in [2.05, 4.69) is 20.7 Å². The Labute approximate surface area is 263 Å². The number of aromatic nitrogens is 3. The highest BCUT2D eigenvalue weighted by Crippen LogP contribution is 2.44. The summed E-state index contributed by atoms with van der Waals surface area (Å²) >= 11 is 0. The molecule has 3 fully saturated rings. The summed E-state index contributed by atoms with van der Waals surface area (Å²) in [6.07, 6.45) is 7.67. The number of hydrogen-bond acceptors (Lipinski definition) is 9. The van der Waals surface area contributed by atoms with Gasteiger partial charge in [0.1, 0.15) is 47.2 Å². The van der Waals surface area contributed by atoms with Crippen LogP contribution in [-0.4, -0.2) is 95.8 Å². The molecule has 0 unspecified atom stereocenters. The fourth-order valence-corrected chi connectivity index (χ4v) is 7.91. The smallest absolute Gasteiger partial charge is 0.319 e. The Morgan fingerprint density at radius 1 is 1.11 bits per heavy atom. The fraction of sp³-hybridized carbons (Fsp3) is 0.441. The molecule has 2 aromatic carbocycles. The van der Waals surface area contributed by atoms with Crippen molar-refractivity contribution in [3.8, 4) is 35.4 Å². The molecule has 46 heavy (non-hydrogen) atoms. The summed E-state index contributed by atoms with van der Waals surface area (Å²) in [5, 5.41) is 11.8. The van der Waals surface area contributed by atoms with Gasteiger partial charge in [-0.1, -0.05) is 12.0 Å². The van der Waals surface area contributed by atoms with Crippen LogP contribution in [0, 0.1) is 24.0 Å². The normalized spacial score (nSPS) is 24.5. The van der Waals surface area contributed by atoms with Crippen molar-refractivity contribution in [3.63, 3.8) is 0 Å². The molecule has 6 heterocycles. The van der Waals surface area contributed by atoms with Gasteiger partial charge in [0, 0.05) is 50.7 Å². The first kappa shape index (κ1) is 29.1. The van der Waals surface area contributed by atoms with Crippen LogP contribution in [-0.2, 0) is 4.74 Å². The molecule has 3 saturated heterocycles. The van der Waals surface area contributed by atoms with E-state index in [4.69, 9.17) is 25.9 Å². The molecule has 0 saturated carbocycles. The number of phenolic OH excluding ortho intramolecular Hbond substituents is 1. The van der Waals surface area contributed by atoms with Crippen LogP contribution >= 0.6 is 0 Å². The Morgan fingerprint density at radius 3 is 2.83 bits per heavy atom. The Bertz CT molecular complexity index is 1930. The summed E-state index contributed by atoms with van der Waals surface area (Å²) in [6.45, 7) is 3.51. The average Bonchev–Trinajstić information content (AvgIpc) is 3.42. The first-order chi connectivity index (χ1) is 22.3. The average molecular weight is 631 g/mol. The Hall–Kier alpha value is -4.34. The molecule has 238 valence electrons. The van der Waals surface area contributed by atoms with E-state index < -0.39 is 23.3 Å². The van der Waals surface area contributed by atoms with E-state index >= 15 is 4.39 Å². The van der Waals surface area contributed by atoms with Crippen LogP contribution in [0.3, 0.4) is 0 Å². The van der Waals surface area contributed by atoms with Crippen molar-refractivity contribution < 1.29 is 27.8 Å². The maximum Gasteiger partial charge on any atom is 0.319 e. The van der Waals surface area contributed by atoms with Crippen LogP contribution < -0.4 is 14.5 Å². The minimum absolute atomic E-state index is 0.0161. The van der Waals surface area contributed by atoms with Gasteiger partial charge in [-0.2, -0.15) is 9.97 Å². The molecule has 1 N–H and O–H groups in total. The summed E-state index contributed by atoms with van der Waals surface area (Å²) in [5.41, 5.74) is -0.541. The molecule has 0 aliphatic carbocycles. The molecule has 0 bridgehead atoms. The van der Waals surface area contributed by atoms with Gasteiger partial charge in [0.05, 0.1) is 29.1 Å². The third-order valence-corrected chi connectivity index (χ3v) is 9.97. The van der Waals surface area contributed by atoms with Crippen LogP contribution in [0.15, 0.2) is 24.3 Å². The summed E-state index contributed by atoms with van der Waals surface area (Å²) < 4.78 is 58.7. The van der Waals surface area contributed by atoms with Gasteiger partial charge in [0.2, 0.25) is 0 Å². The van der Waals surface area contributed by atoms with Crippen molar-refractivity contribution >= 4 is 33.3 Å². The van der Waals surface area contributed by atoms with E-state index in [0.717, 1.165) is 25.8 Å². The highest BCUT2D eigenvalue weighted by atomic mass is 19.1. The molecule has 9 nitrogen and oxygen atoms in total. The van der Waals surface area contributed by atoms with Gasteiger partial charge in [-0.05, 0) is 49.4 Å². The van der Waals surface area contributed by atoms with E-state index in [1.54, 1.807) is 0 Å². The van der Waals surface area contributed by atoms with Crippen LogP contribution in [0.2, 0.25) is 0 Å². The van der Waals surface area contributed by atoms with E-state index in [0.29, 0.717) is 61.7 Å². The number of hydrogen-bond donors (Lipinski definition) is 1. The van der Waals surface area contributed by atoms with E-state index in [1.165, 1.54) is 24.3 Å². The summed E-state index contributed by atoms with van der Waals surface area (Å²) in [6, 6.07) is 5.36. The topological polar surface area (TPSA) is 87.1 Å². The van der Waals surface area contributed by atoms with E-state index in [-0.39, 0.29) is 52.1 Å². The minimum atomic E-state index is -0.928. The lowest BCUT2D eigenvalue weighted by molar-refractivity contribution is 0.107. The maximum atomic E-state index is 17.1. The lowest BCUT2D eigenvalue weighted by Gasteiger charge is -2.31. The van der Waals surface area contributed by atoms with E-state index in [9.17, 15) is 13.9 Å². The van der Waals surface area contributed by atoms with Crippen LogP contribution in [0.5, 0.6) is 11.8 Å². The maximum absolute atomic E-state index is 17.1. The second-order valence-corrected chi connectivity index (χ2v) is 12.8. The molecule has 4 aromatic rings. The molecule has 3 atom stereocenters. The van der Waals surface area contributed by atoms with Crippen LogP contribution in [0.4, 0.5) is 24.8 Å². The zero-order chi connectivity index (χ0) is 31.7. The standard InChI is InChI=1S/C34H33F3N6O3/c1-3-23-25(36)7-6-19-12-22(44)13-24(26(19)23)29-28(37)30-27-31(38-29)41(2)16-21-17-45-11-5-10-43(21)32(27)40-33(39-30)46-18-34-8-4-9-42(34)15-20(35)14-34/h1,6-7,12-13,20-21,44H,4-5,8-11,14-18H2,2H3/t20-,21-,34+/m1/s1. The molecule has 0 amide bonds. The van der Waals surface area contributed by atoms with Crippen molar-refractivity contribution in [2.24, 2.45) is 0 Å². The third kappa shape index (κ3) is 4.51. The van der Waals surface area contributed by atoms with Crippen molar-refractivity contribution in [1.82, 2.24) is 19.9 Å². The van der Waals surface area contributed by atoms with Crippen molar-refractivity contribution in [1.29, 1.82) is 0 Å². The van der Waals surface area contributed by atoms with Gasteiger partial charge in [0.15, 0.2) is 5.82 Å². The molecule has 4 aliphatic heterocycles. The number of nitrogens with zero attached hydrogens (tertiary/aromatic N) is 6. The molecule has 0 radical (unpaired) electrons. The van der Waals surface area contributed by atoms with Crippen molar-refractivity contribution in [2.75, 3.05) is 62.8 Å². The number of alkyl halides is 1. The molecule has 12 heteroatoms. The Balaban J connectivity index is 1.35. The van der Waals surface area contributed by atoms with Crippen molar-refractivity contribution in [3.05, 3.63) is 41.5 Å². The van der Waals surface area contributed by atoms with Gasteiger partial charge < -0.3 is 24.4 Å². The van der Waals surface area contributed by atoms with E-state index in [1.807, 2.05) is 11.9 Å². The predicted molar refractivity (Wildman–Crippen MR) is 168 cm³/mol. The van der Waals surface area contributed by atoms with Gasteiger partial charge >= 0.3 is 6.01 Å².